The molecule has 1 aromatic heterocycles. The van der Waals surface area contributed by atoms with Gasteiger partial charge in [-0.3, -0.25) is 4.79 Å². The first-order valence-corrected chi connectivity index (χ1v) is 7.37. The summed E-state index contributed by atoms with van der Waals surface area (Å²) < 4.78 is 21.6. The molecular weight excluding hydrogens is 279 g/mol. The zero-order valence-corrected chi connectivity index (χ0v) is 12.0. The van der Waals surface area contributed by atoms with Crippen molar-refractivity contribution in [2.75, 3.05) is 13.7 Å². The fourth-order valence-electron chi connectivity index (χ4n) is 2.08. The number of methoxy groups -OCH3 is 1. The van der Waals surface area contributed by atoms with Crippen molar-refractivity contribution in [2.45, 2.75) is 19.4 Å². The summed E-state index contributed by atoms with van der Waals surface area (Å²) in [5, 5.41) is 0. The SMILES string of the molecule is COCCn1c(=NC(=O)C2CC2)sc2cccc(F)c21. The van der Waals surface area contributed by atoms with Crippen LogP contribution in [-0.4, -0.2) is 24.2 Å². The van der Waals surface area contributed by atoms with Crippen LogP contribution in [0.5, 0.6) is 0 Å². The molecule has 1 aromatic carbocycles. The summed E-state index contributed by atoms with van der Waals surface area (Å²) in [6.45, 7) is 0.930. The van der Waals surface area contributed by atoms with Gasteiger partial charge in [0.05, 0.1) is 16.8 Å². The fraction of sp³-hybridized carbons (Fsp3) is 0.429. The molecule has 6 heteroatoms. The molecule has 0 spiro atoms. The van der Waals surface area contributed by atoms with Crippen LogP contribution in [-0.2, 0) is 16.1 Å². The lowest BCUT2D eigenvalue weighted by molar-refractivity contribution is -0.119. The minimum absolute atomic E-state index is 0.0703. The van der Waals surface area contributed by atoms with Crippen molar-refractivity contribution in [1.29, 1.82) is 0 Å². The van der Waals surface area contributed by atoms with Crippen molar-refractivity contribution < 1.29 is 13.9 Å². The molecule has 3 rings (SSSR count). The Morgan fingerprint density at radius 3 is 3.05 bits per heavy atom. The quantitative estimate of drug-likeness (QED) is 0.868. The molecule has 0 radical (unpaired) electrons. The number of hydrogen-bond acceptors (Lipinski definition) is 3. The van der Waals surface area contributed by atoms with Gasteiger partial charge < -0.3 is 9.30 Å². The third kappa shape index (κ3) is 2.53. The lowest BCUT2D eigenvalue weighted by Gasteiger charge is -2.04. The van der Waals surface area contributed by atoms with Gasteiger partial charge in [-0.2, -0.15) is 4.99 Å². The van der Waals surface area contributed by atoms with Crippen LogP contribution in [0.15, 0.2) is 23.2 Å². The summed E-state index contributed by atoms with van der Waals surface area (Å²) in [5.41, 5.74) is 0.497. The maximum atomic E-state index is 14.0. The summed E-state index contributed by atoms with van der Waals surface area (Å²) >= 11 is 1.34. The Kier molecular flexibility index (Phi) is 3.67. The zero-order valence-electron chi connectivity index (χ0n) is 11.1. The van der Waals surface area contributed by atoms with Gasteiger partial charge in [0.1, 0.15) is 5.82 Å². The molecule has 1 aliphatic carbocycles. The molecule has 1 amide bonds. The maximum Gasteiger partial charge on any atom is 0.251 e. The highest BCUT2D eigenvalue weighted by atomic mass is 32.1. The number of carbonyl (C=O) groups is 1. The highest BCUT2D eigenvalue weighted by Crippen LogP contribution is 2.30. The van der Waals surface area contributed by atoms with Gasteiger partial charge in [-0.1, -0.05) is 17.4 Å². The molecule has 0 saturated heterocycles. The summed E-state index contributed by atoms with van der Waals surface area (Å²) in [4.78, 5) is 16.6. The van der Waals surface area contributed by atoms with E-state index in [1.165, 1.54) is 17.4 Å². The molecule has 0 bridgehead atoms. The Bertz CT molecular complexity index is 716. The number of hydrogen-bond donors (Lipinski definition) is 0. The van der Waals surface area contributed by atoms with E-state index in [0.717, 1.165) is 17.5 Å². The van der Waals surface area contributed by atoms with Crippen molar-refractivity contribution in [2.24, 2.45) is 10.9 Å². The highest BCUT2D eigenvalue weighted by Gasteiger charge is 2.29. The first-order chi connectivity index (χ1) is 9.70. The summed E-state index contributed by atoms with van der Waals surface area (Å²) in [6, 6.07) is 4.93. The highest BCUT2D eigenvalue weighted by molar-refractivity contribution is 7.16. The third-order valence-corrected chi connectivity index (χ3v) is 4.35. The van der Waals surface area contributed by atoms with Gasteiger partial charge in [0, 0.05) is 19.6 Å². The minimum atomic E-state index is -0.296. The van der Waals surface area contributed by atoms with Crippen molar-refractivity contribution in [3.8, 4) is 0 Å². The smallest absolute Gasteiger partial charge is 0.251 e. The van der Waals surface area contributed by atoms with Crippen molar-refractivity contribution in [3.63, 3.8) is 0 Å². The molecule has 1 fully saturated rings. The Morgan fingerprint density at radius 1 is 1.55 bits per heavy atom. The minimum Gasteiger partial charge on any atom is -0.383 e. The molecule has 106 valence electrons. The van der Waals surface area contributed by atoms with Crippen molar-refractivity contribution in [1.82, 2.24) is 4.57 Å². The second-order valence-corrected chi connectivity index (χ2v) is 5.85. The van der Waals surface area contributed by atoms with Crippen LogP contribution in [0.1, 0.15) is 12.8 Å². The van der Waals surface area contributed by atoms with Crippen LogP contribution in [0.25, 0.3) is 10.2 Å². The standard InChI is InChI=1S/C14H15FN2O2S/c1-19-8-7-17-12-10(15)3-2-4-11(12)20-14(17)16-13(18)9-5-6-9/h2-4,9H,5-8H2,1H3. The summed E-state index contributed by atoms with van der Waals surface area (Å²) in [5.74, 6) is -0.320. The van der Waals surface area contributed by atoms with Crippen LogP contribution >= 0.6 is 11.3 Å². The monoisotopic (exact) mass is 294 g/mol. The van der Waals surface area contributed by atoms with Crippen LogP contribution in [0.3, 0.4) is 0 Å². The molecular formula is C14H15FN2O2S. The summed E-state index contributed by atoms with van der Waals surface area (Å²) in [6.07, 6.45) is 1.83. The number of aromatic nitrogens is 1. The fourth-order valence-corrected chi connectivity index (χ4v) is 3.15. The predicted molar refractivity (Wildman–Crippen MR) is 74.9 cm³/mol. The Morgan fingerprint density at radius 2 is 2.35 bits per heavy atom. The van der Waals surface area contributed by atoms with Gasteiger partial charge >= 0.3 is 0 Å². The molecule has 0 atom stereocenters. The van der Waals surface area contributed by atoms with Gasteiger partial charge in [0.25, 0.3) is 5.91 Å². The van der Waals surface area contributed by atoms with Crippen molar-refractivity contribution in [3.05, 3.63) is 28.8 Å². The number of thiazole rings is 1. The molecule has 1 aliphatic rings. The van der Waals surface area contributed by atoms with E-state index in [0.29, 0.717) is 23.5 Å². The van der Waals surface area contributed by atoms with Gasteiger partial charge in [-0.15, -0.1) is 0 Å². The number of carbonyl (C=O) groups excluding carboxylic acids is 1. The Labute approximate surface area is 119 Å². The van der Waals surface area contributed by atoms with E-state index in [1.807, 2.05) is 6.07 Å². The van der Waals surface area contributed by atoms with E-state index in [2.05, 4.69) is 4.99 Å². The molecule has 1 heterocycles. The van der Waals surface area contributed by atoms with Crippen LogP contribution in [0, 0.1) is 11.7 Å². The van der Waals surface area contributed by atoms with Crippen molar-refractivity contribution >= 4 is 27.5 Å². The van der Waals surface area contributed by atoms with E-state index in [4.69, 9.17) is 4.74 Å². The normalized spacial score (nSPS) is 16.0. The lowest BCUT2D eigenvalue weighted by atomic mass is 10.3. The average Bonchev–Trinajstić information content (AvgIpc) is 3.21. The second-order valence-electron chi connectivity index (χ2n) is 4.84. The number of amides is 1. The second kappa shape index (κ2) is 5.46. The first-order valence-electron chi connectivity index (χ1n) is 6.56. The molecule has 4 nitrogen and oxygen atoms in total. The van der Waals surface area contributed by atoms with Gasteiger partial charge in [0.15, 0.2) is 4.80 Å². The van der Waals surface area contributed by atoms with E-state index < -0.39 is 0 Å². The van der Waals surface area contributed by atoms with Gasteiger partial charge in [-0.05, 0) is 25.0 Å². The number of para-hydroxylation sites is 1. The van der Waals surface area contributed by atoms with E-state index in [-0.39, 0.29) is 17.6 Å². The molecule has 20 heavy (non-hydrogen) atoms. The Balaban J connectivity index is 2.14. The average molecular weight is 294 g/mol. The van der Waals surface area contributed by atoms with E-state index in [9.17, 15) is 9.18 Å². The number of ether oxygens (including phenoxy) is 1. The molecule has 0 unspecified atom stereocenters. The largest absolute Gasteiger partial charge is 0.383 e. The van der Waals surface area contributed by atoms with Gasteiger partial charge in [-0.25, -0.2) is 4.39 Å². The number of fused-ring (bicyclic) bond motifs is 1. The number of rotatable bonds is 4. The van der Waals surface area contributed by atoms with E-state index in [1.54, 1.807) is 17.7 Å². The number of halogens is 1. The van der Waals surface area contributed by atoms with Crippen LogP contribution in [0.4, 0.5) is 4.39 Å². The van der Waals surface area contributed by atoms with E-state index >= 15 is 0 Å². The first kappa shape index (κ1) is 13.5. The predicted octanol–water partition coefficient (Wildman–Crippen LogP) is 2.33. The summed E-state index contributed by atoms with van der Waals surface area (Å²) in [7, 11) is 1.59. The number of benzene rings is 1. The number of nitrogens with zero attached hydrogens (tertiary/aromatic N) is 2. The lowest BCUT2D eigenvalue weighted by Crippen LogP contribution is -2.20. The third-order valence-electron chi connectivity index (χ3n) is 3.30. The maximum absolute atomic E-state index is 14.0. The Hall–Kier alpha value is -1.53. The topological polar surface area (TPSA) is 43.6 Å². The molecule has 2 aromatic rings. The molecule has 0 N–H and O–H groups in total. The molecule has 0 aliphatic heterocycles. The molecule has 1 saturated carbocycles. The zero-order chi connectivity index (χ0) is 14.1. The van der Waals surface area contributed by atoms with Crippen LogP contribution < -0.4 is 4.80 Å². The van der Waals surface area contributed by atoms with Gasteiger partial charge in [0.2, 0.25) is 0 Å². The van der Waals surface area contributed by atoms with Crippen LogP contribution in [0.2, 0.25) is 0 Å².